The SMILES string of the molecule is [C-]#[N+]/C=C1\CCN(c2ccc(N3C[C@H](COS(C)(=O)=O)OC3=O)cc2F)CC1F. The van der Waals surface area contributed by atoms with Crippen molar-refractivity contribution in [2.75, 3.05) is 42.3 Å². The highest BCUT2D eigenvalue weighted by molar-refractivity contribution is 7.85. The van der Waals surface area contributed by atoms with Crippen molar-refractivity contribution in [1.82, 2.24) is 0 Å². The van der Waals surface area contributed by atoms with Crippen LogP contribution in [0.25, 0.3) is 4.85 Å². The standard InChI is InChI=1S/C18H19F2N3O5S/c1-21-8-12-5-6-22(10-16(12)20)17-4-3-13(7-15(17)19)23-9-14(28-18(23)24)11-27-29(2,25)26/h3-4,7-8,14,16H,5-6,9-11H2,2H3/b12-8+/t14-,16?/m1/s1. The average Bonchev–Trinajstić information content (AvgIpc) is 3.02. The summed E-state index contributed by atoms with van der Waals surface area (Å²) in [6.07, 6.45) is -0.508. The fourth-order valence-electron chi connectivity index (χ4n) is 3.21. The summed E-state index contributed by atoms with van der Waals surface area (Å²) < 4.78 is 60.7. The predicted octanol–water partition coefficient (Wildman–Crippen LogP) is 2.48. The quantitative estimate of drug-likeness (QED) is 0.531. The van der Waals surface area contributed by atoms with Gasteiger partial charge in [-0.3, -0.25) is 9.08 Å². The van der Waals surface area contributed by atoms with E-state index in [9.17, 15) is 22.0 Å². The Morgan fingerprint density at radius 1 is 1.41 bits per heavy atom. The van der Waals surface area contributed by atoms with Gasteiger partial charge in [0.25, 0.3) is 10.1 Å². The van der Waals surface area contributed by atoms with Crippen molar-refractivity contribution < 1.29 is 30.9 Å². The number of piperidine rings is 1. The van der Waals surface area contributed by atoms with Gasteiger partial charge in [0.15, 0.2) is 6.20 Å². The van der Waals surface area contributed by atoms with Crippen molar-refractivity contribution in [3.63, 3.8) is 0 Å². The molecule has 0 radical (unpaired) electrons. The first-order valence-corrected chi connectivity index (χ1v) is 10.6. The number of alkyl halides is 1. The van der Waals surface area contributed by atoms with E-state index in [-0.39, 0.29) is 31.1 Å². The summed E-state index contributed by atoms with van der Waals surface area (Å²) >= 11 is 0. The zero-order chi connectivity index (χ0) is 21.2. The van der Waals surface area contributed by atoms with E-state index in [2.05, 4.69) is 9.03 Å². The number of amides is 1. The minimum absolute atomic E-state index is 0.00812. The maximum atomic E-state index is 14.7. The molecule has 2 fully saturated rings. The molecule has 0 spiro atoms. The third-order valence-corrected chi connectivity index (χ3v) is 5.17. The predicted molar refractivity (Wildman–Crippen MR) is 101 cm³/mol. The highest BCUT2D eigenvalue weighted by Gasteiger charge is 2.34. The van der Waals surface area contributed by atoms with Gasteiger partial charge in [-0.25, -0.2) is 18.4 Å². The van der Waals surface area contributed by atoms with Crippen molar-refractivity contribution in [3.8, 4) is 0 Å². The number of benzene rings is 1. The van der Waals surface area contributed by atoms with E-state index >= 15 is 0 Å². The van der Waals surface area contributed by atoms with Gasteiger partial charge in [-0.05, 0) is 30.2 Å². The van der Waals surface area contributed by atoms with Crippen LogP contribution in [-0.2, 0) is 19.0 Å². The first-order valence-electron chi connectivity index (χ1n) is 8.74. The summed E-state index contributed by atoms with van der Waals surface area (Å²) in [6, 6.07) is 4.11. The molecule has 1 aromatic carbocycles. The van der Waals surface area contributed by atoms with Crippen LogP contribution in [0.3, 0.4) is 0 Å². The molecule has 11 heteroatoms. The maximum absolute atomic E-state index is 14.7. The second kappa shape index (κ2) is 8.34. The monoisotopic (exact) mass is 427 g/mol. The molecule has 2 aliphatic heterocycles. The van der Waals surface area contributed by atoms with Crippen LogP contribution in [0.2, 0.25) is 0 Å². The van der Waals surface area contributed by atoms with Crippen LogP contribution in [0, 0.1) is 12.4 Å². The molecule has 0 aromatic heterocycles. The summed E-state index contributed by atoms with van der Waals surface area (Å²) in [5.41, 5.74) is 0.832. The molecule has 2 heterocycles. The molecule has 2 aliphatic rings. The molecule has 2 atom stereocenters. The number of rotatable bonds is 5. The van der Waals surface area contributed by atoms with E-state index < -0.39 is 34.3 Å². The Labute approximate surface area is 167 Å². The zero-order valence-corrected chi connectivity index (χ0v) is 16.4. The second-order valence-electron chi connectivity index (χ2n) is 6.74. The number of hydrogen-bond acceptors (Lipinski definition) is 6. The van der Waals surface area contributed by atoms with Crippen molar-refractivity contribution in [1.29, 1.82) is 0 Å². The Kier molecular flexibility index (Phi) is 6.04. The Morgan fingerprint density at radius 2 is 2.17 bits per heavy atom. The molecular weight excluding hydrogens is 408 g/mol. The third-order valence-electron chi connectivity index (χ3n) is 4.61. The van der Waals surface area contributed by atoms with Crippen LogP contribution in [0.5, 0.6) is 0 Å². The molecule has 2 saturated heterocycles. The molecule has 8 nitrogen and oxygen atoms in total. The first kappa shape index (κ1) is 21.0. The maximum Gasteiger partial charge on any atom is 0.414 e. The lowest BCUT2D eigenvalue weighted by molar-refractivity contribution is 0.107. The lowest BCUT2D eigenvalue weighted by atomic mass is 10.0. The summed E-state index contributed by atoms with van der Waals surface area (Å²) in [5.74, 6) is -0.629. The Hall–Kier alpha value is -2.71. The van der Waals surface area contributed by atoms with Crippen molar-refractivity contribution >= 4 is 27.6 Å². The molecule has 1 amide bonds. The highest BCUT2D eigenvalue weighted by atomic mass is 32.2. The van der Waals surface area contributed by atoms with Gasteiger partial charge in [0, 0.05) is 6.54 Å². The summed E-state index contributed by atoms with van der Waals surface area (Å²) in [5, 5.41) is 0. The van der Waals surface area contributed by atoms with E-state index in [0.29, 0.717) is 18.5 Å². The second-order valence-corrected chi connectivity index (χ2v) is 8.38. The lowest BCUT2D eigenvalue weighted by Gasteiger charge is -2.33. The molecule has 0 aliphatic carbocycles. The van der Waals surface area contributed by atoms with Crippen LogP contribution in [0.1, 0.15) is 6.42 Å². The number of carbonyl (C=O) groups excluding carboxylic acids is 1. The minimum atomic E-state index is -3.67. The van der Waals surface area contributed by atoms with Gasteiger partial charge in [0.2, 0.25) is 0 Å². The molecule has 0 N–H and O–H groups in total. The number of ether oxygens (including phenoxy) is 1. The number of nitrogens with zero attached hydrogens (tertiary/aromatic N) is 3. The molecular formula is C18H19F2N3O5S. The highest BCUT2D eigenvalue weighted by Crippen LogP contribution is 2.31. The Balaban J connectivity index is 1.69. The molecule has 29 heavy (non-hydrogen) atoms. The van der Waals surface area contributed by atoms with E-state index in [1.54, 1.807) is 4.90 Å². The van der Waals surface area contributed by atoms with E-state index in [1.165, 1.54) is 23.2 Å². The van der Waals surface area contributed by atoms with Gasteiger partial charge in [-0.2, -0.15) is 8.42 Å². The number of hydrogen-bond donors (Lipinski definition) is 0. The van der Waals surface area contributed by atoms with E-state index in [0.717, 1.165) is 12.3 Å². The van der Waals surface area contributed by atoms with Crippen LogP contribution < -0.4 is 9.80 Å². The molecule has 0 bridgehead atoms. The molecule has 3 rings (SSSR count). The largest absolute Gasteiger partial charge is 0.441 e. The van der Waals surface area contributed by atoms with Crippen molar-refractivity contribution in [3.05, 3.63) is 47.2 Å². The summed E-state index contributed by atoms with van der Waals surface area (Å²) in [7, 11) is -3.67. The average molecular weight is 427 g/mol. The van der Waals surface area contributed by atoms with E-state index in [4.69, 9.17) is 11.3 Å². The van der Waals surface area contributed by atoms with Gasteiger partial charge in [0.1, 0.15) is 24.7 Å². The van der Waals surface area contributed by atoms with E-state index in [1.807, 2.05) is 0 Å². The summed E-state index contributed by atoms with van der Waals surface area (Å²) in [4.78, 5) is 17.8. The van der Waals surface area contributed by atoms with Gasteiger partial charge >= 0.3 is 6.09 Å². The van der Waals surface area contributed by atoms with Crippen LogP contribution in [-0.4, -0.2) is 59.3 Å². The van der Waals surface area contributed by atoms with Gasteiger partial charge < -0.3 is 9.64 Å². The first-order chi connectivity index (χ1) is 13.7. The number of anilines is 2. The minimum Gasteiger partial charge on any atom is -0.441 e. The topological polar surface area (TPSA) is 80.5 Å². The number of cyclic esters (lactones) is 1. The Bertz CT molecular complexity index is 976. The van der Waals surface area contributed by atoms with Gasteiger partial charge in [-0.1, -0.05) is 0 Å². The van der Waals surface area contributed by atoms with Gasteiger partial charge in [0.05, 0.1) is 37.3 Å². The number of halogens is 2. The molecule has 0 saturated carbocycles. The Morgan fingerprint density at radius 3 is 2.79 bits per heavy atom. The van der Waals surface area contributed by atoms with Crippen molar-refractivity contribution in [2.45, 2.75) is 18.7 Å². The smallest absolute Gasteiger partial charge is 0.414 e. The number of carbonyl (C=O) groups is 1. The zero-order valence-electron chi connectivity index (χ0n) is 15.5. The third kappa shape index (κ3) is 5.02. The van der Waals surface area contributed by atoms with Crippen LogP contribution >= 0.6 is 0 Å². The molecule has 1 aromatic rings. The summed E-state index contributed by atoms with van der Waals surface area (Å²) in [6.45, 7) is 6.79. The van der Waals surface area contributed by atoms with Crippen molar-refractivity contribution in [2.24, 2.45) is 0 Å². The lowest BCUT2D eigenvalue weighted by Crippen LogP contribution is -2.38. The molecule has 156 valence electrons. The normalized spacial score (nSPS) is 23.9. The fraction of sp³-hybridized carbons (Fsp3) is 0.444. The molecule has 1 unspecified atom stereocenters. The van der Waals surface area contributed by atoms with Gasteiger partial charge in [-0.15, -0.1) is 0 Å². The fourth-order valence-corrected chi connectivity index (χ4v) is 3.61. The van der Waals surface area contributed by atoms with Crippen LogP contribution in [0.15, 0.2) is 30.0 Å². The van der Waals surface area contributed by atoms with Crippen LogP contribution in [0.4, 0.5) is 25.0 Å².